The summed E-state index contributed by atoms with van der Waals surface area (Å²) in [6.07, 6.45) is -2.40. The maximum absolute atomic E-state index is 12.2. The van der Waals surface area contributed by atoms with E-state index in [1.807, 2.05) is 0 Å². The second-order valence-electron chi connectivity index (χ2n) is 5.79. The molecule has 0 aliphatic rings. The Labute approximate surface area is 143 Å². The van der Waals surface area contributed by atoms with Crippen LogP contribution in [0.1, 0.15) is 20.3 Å². The molecule has 1 aromatic heterocycles. The molecule has 2 aromatic rings. The Morgan fingerprint density at radius 1 is 1.12 bits per heavy atom. The highest BCUT2D eigenvalue weighted by Crippen LogP contribution is 2.28. The number of nitrogen functional groups attached to an aromatic ring is 1. The lowest BCUT2D eigenvalue weighted by atomic mass is 10.1. The number of halogens is 3. The molecule has 6 nitrogen and oxygen atoms in total. The maximum atomic E-state index is 12.2. The van der Waals surface area contributed by atoms with Gasteiger partial charge in [-0.2, -0.15) is 0 Å². The SMILES string of the molecule is CC(C)CCNc1ncnc(Nc2ccc(OC(F)(F)F)cc2)c1N. The van der Waals surface area contributed by atoms with Crippen LogP contribution in [0.25, 0.3) is 0 Å². The summed E-state index contributed by atoms with van der Waals surface area (Å²) in [5.74, 6) is 1.12. The summed E-state index contributed by atoms with van der Waals surface area (Å²) in [6.45, 7) is 4.95. The first-order valence-electron chi connectivity index (χ1n) is 7.72. The number of hydrogen-bond donors (Lipinski definition) is 3. The molecule has 0 fully saturated rings. The number of nitrogens with zero attached hydrogens (tertiary/aromatic N) is 2. The third-order valence-electron chi connectivity index (χ3n) is 3.25. The van der Waals surface area contributed by atoms with E-state index in [0.29, 0.717) is 28.9 Å². The van der Waals surface area contributed by atoms with E-state index in [0.717, 1.165) is 13.0 Å². The normalized spacial score (nSPS) is 11.4. The molecule has 0 spiro atoms. The van der Waals surface area contributed by atoms with Crippen molar-refractivity contribution < 1.29 is 17.9 Å². The zero-order valence-electron chi connectivity index (χ0n) is 13.9. The molecule has 0 aliphatic heterocycles. The fourth-order valence-electron chi connectivity index (χ4n) is 1.99. The van der Waals surface area contributed by atoms with E-state index in [-0.39, 0.29) is 5.75 Å². The minimum Gasteiger partial charge on any atom is -0.406 e. The smallest absolute Gasteiger partial charge is 0.406 e. The average molecular weight is 355 g/mol. The summed E-state index contributed by atoms with van der Waals surface area (Å²) < 4.78 is 40.3. The molecule has 0 radical (unpaired) electrons. The van der Waals surface area contributed by atoms with E-state index in [2.05, 4.69) is 39.2 Å². The van der Waals surface area contributed by atoms with E-state index >= 15 is 0 Å². The van der Waals surface area contributed by atoms with Gasteiger partial charge in [-0.05, 0) is 36.6 Å². The molecule has 0 unspecified atom stereocenters. The van der Waals surface area contributed by atoms with Crippen molar-refractivity contribution in [3.8, 4) is 5.75 Å². The molecule has 0 saturated carbocycles. The van der Waals surface area contributed by atoms with E-state index in [1.54, 1.807) is 0 Å². The van der Waals surface area contributed by atoms with Crippen LogP contribution < -0.4 is 21.1 Å². The number of alkyl halides is 3. The Hall–Kier alpha value is -2.71. The third kappa shape index (κ3) is 6.02. The zero-order chi connectivity index (χ0) is 18.4. The number of ether oxygens (including phenoxy) is 1. The van der Waals surface area contributed by atoms with Crippen molar-refractivity contribution in [1.82, 2.24) is 9.97 Å². The van der Waals surface area contributed by atoms with E-state index in [9.17, 15) is 13.2 Å². The highest BCUT2D eigenvalue weighted by molar-refractivity contribution is 5.77. The van der Waals surface area contributed by atoms with Crippen molar-refractivity contribution >= 4 is 23.0 Å². The Balaban J connectivity index is 2.04. The fourth-order valence-corrected chi connectivity index (χ4v) is 1.99. The molecule has 0 atom stereocenters. The predicted octanol–water partition coefficient (Wildman–Crippen LogP) is 4.16. The van der Waals surface area contributed by atoms with E-state index in [4.69, 9.17) is 5.73 Å². The largest absolute Gasteiger partial charge is 0.573 e. The van der Waals surface area contributed by atoms with Crippen LogP contribution in [0.2, 0.25) is 0 Å². The molecule has 2 rings (SSSR count). The number of rotatable bonds is 7. The van der Waals surface area contributed by atoms with Gasteiger partial charge < -0.3 is 21.1 Å². The van der Waals surface area contributed by atoms with Gasteiger partial charge in [-0.3, -0.25) is 0 Å². The number of anilines is 4. The van der Waals surface area contributed by atoms with Crippen LogP contribution in [-0.4, -0.2) is 22.9 Å². The zero-order valence-corrected chi connectivity index (χ0v) is 13.9. The van der Waals surface area contributed by atoms with E-state index < -0.39 is 6.36 Å². The second-order valence-corrected chi connectivity index (χ2v) is 5.79. The predicted molar refractivity (Wildman–Crippen MR) is 90.8 cm³/mol. The van der Waals surface area contributed by atoms with Crippen LogP contribution in [0.5, 0.6) is 5.75 Å². The molecular weight excluding hydrogens is 335 g/mol. The first-order valence-corrected chi connectivity index (χ1v) is 7.72. The Morgan fingerprint density at radius 3 is 2.36 bits per heavy atom. The van der Waals surface area contributed by atoms with Crippen molar-refractivity contribution in [3.63, 3.8) is 0 Å². The maximum Gasteiger partial charge on any atom is 0.573 e. The number of nitrogens with one attached hydrogen (secondary N) is 2. The first kappa shape index (κ1) is 18.6. The van der Waals surface area contributed by atoms with Crippen molar-refractivity contribution in [2.45, 2.75) is 26.6 Å². The van der Waals surface area contributed by atoms with Crippen LogP contribution in [0, 0.1) is 5.92 Å². The first-order chi connectivity index (χ1) is 11.7. The summed E-state index contributed by atoms with van der Waals surface area (Å²) in [5.41, 5.74) is 6.89. The molecule has 0 bridgehead atoms. The summed E-state index contributed by atoms with van der Waals surface area (Å²) in [5, 5.41) is 6.09. The number of aromatic nitrogens is 2. The molecule has 0 amide bonds. The topological polar surface area (TPSA) is 85.1 Å². The summed E-state index contributed by atoms with van der Waals surface area (Å²) in [7, 11) is 0. The average Bonchev–Trinajstić information content (AvgIpc) is 2.51. The lowest BCUT2D eigenvalue weighted by Crippen LogP contribution is -2.17. The summed E-state index contributed by atoms with van der Waals surface area (Å²) in [6, 6.07) is 5.28. The van der Waals surface area contributed by atoms with Gasteiger partial charge in [0, 0.05) is 12.2 Å². The minimum atomic E-state index is -4.72. The molecular formula is C16H20F3N5O. The summed E-state index contributed by atoms with van der Waals surface area (Å²) in [4.78, 5) is 8.16. The lowest BCUT2D eigenvalue weighted by molar-refractivity contribution is -0.274. The third-order valence-corrected chi connectivity index (χ3v) is 3.25. The molecule has 25 heavy (non-hydrogen) atoms. The van der Waals surface area contributed by atoms with Gasteiger partial charge in [0.15, 0.2) is 11.6 Å². The second kappa shape index (κ2) is 7.91. The molecule has 1 heterocycles. The van der Waals surface area contributed by atoms with Crippen LogP contribution >= 0.6 is 0 Å². The molecule has 0 aliphatic carbocycles. The fraction of sp³-hybridized carbons (Fsp3) is 0.375. The van der Waals surface area contributed by atoms with Gasteiger partial charge in [-0.15, -0.1) is 13.2 Å². The highest BCUT2D eigenvalue weighted by Gasteiger charge is 2.30. The molecule has 0 saturated heterocycles. The highest BCUT2D eigenvalue weighted by atomic mass is 19.4. The number of nitrogens with two attached hydrogens (primary N) is 1. The van der Waals surface area contributed by atoms with Crippen molar-refractivity contribution in [2.75, 3.05) is 22.9 Å². The van der Waals surface area contributed by atoms with Gasteiger partial charge in [-0.1, -0.05) is 13.8 Å². The molecule has 136 valence electrons. The van der Waals surface area contributed by atoms with Crippen molar-refractivity contribution in [3.05, 3.63) is 30.6 Å². The van der Waals surface area contributed by atoms with Gasteiger partial charge in [0.2, 0.25) is 0 Å². The molecule has 9 heteroatoms. The van der Waals surface area contributed by atoms with E-state index in [1.165, 1.54) is 30.6 Å². The number of benzene rings is 1. The lowest BCUT2D eigenvalue weighted by Gasteiger charge is -2.14. The van der Waals surface area contributed by atoms with Crippen LogP contribution in [0.4, 0.5) is 36.2 Å². The van der Waals surface area contributed by atoms with Crippen LogP contribution in [0.3, 0.4) is 0 Å². The Kier molecular flexibility index (Phi) is 5.89. The molecule has 4 N–H and O–H groups in total. The Bertz CT molecular complexity index is 689. The standard InChI is InChI=1S/C16H20F3N5O/c1-10(2)7-8-21-14-13(20)15(23-9-22-14)24-11-3-5-12(6-4-11)25-16(17,18)19/h3-6,9-10H,7-8,20H2,1-2H3,(H2,21,22,23,24). The van der Waals surface area contributed by atoms with Gasteiger partial charge in [0.05, 0.1) is 0 Å². The van der Waals surface area contributed by atoms with Crippen LogP contribution in [-0.2, 0) is 0 Å². The van der Waals surface area contributed by atoms with Gasteiger partial charge in [-0.25, -0.2) is 9.97 Å². The Morgan fingerprint density at radius 2 is 1.76 bits per heavy atom. The number of hydrogen-bond acceptors (Lipinski definition) is 6. The molecule has 1 aromatic carbocycles. The van der Waals surface area contributed by atoms with Crippen molar-refractivity contribution in [1.29, 1.82) is 0 Å². The van der Waals surface area contributed by atoms with Gasteiger partial charge in [0.25, 0.3) is 0 Å². The summed E-state index contributed by atoms with van der Waals surface area (Å²) >= 11 is 0. The van der Waals surface area contributed by atoms with Crippen LogP contribution in [0.15, 0.2) is 30.6 Å². The monoisotopic (exact) mass is 355 g/mol. The minimum absolute atomic E-state index is 0.301. The van der Waals surface area contributed by atoms with Crippen molar-refractivity contribution in [2.24, 2.45) is 5.92 Å². The quantitative estimate of drug-likeness (QED) is 0.692. The van der Waals surface area contributed by atoms with Gasteiger partial charge in [0.1, 0.15) is 17.8 Å². The van der Waals surface area contributed by atoms with Gasteiger partial charge >= 0.3 is 6.36 Å².